The van der Waals surface area contributed by atoms with E-state index < -0.39 is 28.1 Å². The summed E-state index contributed by atoms with van der Waals surface area (Å²) in [5, 5.41) is 18.3. The molecule has 3 N–H and O–H groups in total. The molecule has 0 amide bonds. The maximum absolute atomic E-state index is 12.0. The van der Waals surface area contributed by atoms with Gasteiger partial charge in [-0.25, -0.2) is 17.9 Å². The Morgan fingerprint density at radius 3 is 2.33 bits per heavy atom. The van der Waals surface area contributed by atoms with Crippen LogP contribution in [0.2, 0.25) is 0 Å². The normalized spacial score (nSPS) is 18.2. The third-order valence-electron chi connectivity index (χ3n) is 3.69. The van der Waals surface area contributed by atoms with Gasteiger partial charge in [0.05, 0.1) is 5.75 Å². The first-order chi connectivity index (χ1) is 9.70. The number of nitrogens with one attached hydrogen (secondary N) is 1. The van der Waals surface area contributed by atoms with Crippen LogP contribution in [0.15, 0.2) is 24.3 Å². The Morgan fingerprint density at radius 1 is 1.33 bits per heavy atom. The Labute approximate surface area is 123 Å². The first-order valence-electron chi connectivity index (χ1n) is 6.69. The molecule has 21 heavy (non-hydrogen) atoms. The van der Waals surface area contributed by atoms with Crippen molar-refractivity contribution in [1.29, 1.82) is 0 Å². The Balaban J connectivity index is 1.93. The van der Waals surface area contributed by atoms with Crippen LogP contribution in [0.5, 0.6) is 0 Å². The van der Waals surface area contributed by atoms with Gasteiger partial charge in [-0.3, -0.25) is 0 Å². The van der Waals surface area contributed by atoms with Crippen molar-refractivity contribution in [2.45, 2.75) is 25.4 Å². The van der Waals surface area contributed by atoms with Gasteiger partial charge < -0.3 is 10.2 Å². The van der Waals surface area contributed by atoms with Gasteiger partial charge in [-0.15, -0.1) is 0 Å². The van der Waals surface area contributed by atoms with Crippen molar-refractivity contribution in [3.8, 4) is 0 Å². The summed E-state index contributed by atoms with van der Waals surface area (Å²) in [6.45, 7) is 0.521. The van der Waals surface area contributed by atoms with E-state index in [4.69, 9.17) is 5.11 Å². The molecule has 2 rings (SSSR count). The minimum Gasteiger partial charge on any atom is -0.479 e. The Kier molecular flexibility index (Phi) is 4.36. The van der Waals surface area contributed by atoms with Crippen LogP contribution in [0, 0.1) is 5.92 Å². The summed E-state index contributed by atoms with van der Waals surface area (Å²) in [4.78, 5) is 10.7. The SMILES string of the molecule is CC(O)(CNS(=O)(=O)CC1Cc2ccccc2C1)C(=O)O. The lowest BCUT2D eigenvalue weighted by Crippen LogP contribution is -2.47. The van der Waals surface area contributed by atoms with E-state index in [2.05, 4.69) is 4.72 Å². The standard InChI is InChI=1S/C14H19NO5S/c1-14(18,13(16)17)9-15-21(19,20)8-10-6-11-4-2-3-5-12(11)7-10/h2-5,10,15,18H,6-9H2,1H3,(H,16,17). The first-order valence-corrected chi connectivity index (χ1v) is 8.35. The van der Waals surface area contributed by atoms with Gasteiger partial charge in [0.2, 0.25) is 10.0 Å². The lowest BCUT2D eigenvalue weighted by atomic mass is 10.1. The molecule has 0 aliphatic heterocycles. The molecular formula is C14H19NO5S. The van der Waals surface area contributed by atoms with Crippen LogP contribution in [0.4, 0.5) is 0 Å². The Morgan fingerprint density at radius 2 is 1.86 bits per heavy atom. The summed E-state index contributed by atoms with van der Waals surface area (Å²) in [5.74, 6) is -1.55. The van der Waals surface area contributed by atoms with Crippen LogP contribution in [-0.2, 0) is 27.7 Å². The van der Waals surface area contributed by atoms with Gasteiger partial charge in [-0.05, 0) is 36.8 Å². The van der Waals surface area contributed by atoms with Gasteiger partial charge in [0.25, 0.3) is 0 Å². The van der Waals surface area contributed by atoms with Crippen LogP contribution in [0.25, 0.3) is 0 Å². The fraction of sp³-hybridized carbons (Fsp3) is 0.500. The molecular weight excluding hydrogens is 294 g/mol. The molecule has 7 heteroatoms. The first kappa shape index (κ1) is 15.9. The highest BCUT2D eigenvalue weighted by molar-refractivity contribution is 7.89. The fourth-order valence-electron chi connectivity index (χ4n) is 2.46. The number of benzene rings is 1. The van der Waals surface area contributed by atoms with E-state index in [0.29, 0.717) is 12.8 Å². The van der Waals surface area contributed by atoms with Crippen molar-refractivity contribution in [3.63, 3.8) is 0 Å². The van der Waals surface area contributed by atoms with E-state index in [1.807, 2.05) is 24.3 Å². The molecule has 1 atom stereocenters. The average molecular weight is 313 g/mol. The zero-order valence-electron chi connectivity index (χ0n) is 11.7. The summed E-state index contributed by atoms with van der Waals surface area (Å²) >= 11 is 0. The number of rotatable bonds is 6. The number of sulfonamides is 1. The highest BCUT2D eigenvalue weighted by atomic mass is 32.2. The van der Waals surface area contributed by atoms with E-state index in [1.165, 1.54) is 0 Å². The molecule has 0 heterocycles. The average Bonchev–Trinajstić information content (AvgIpc) is 2.77. The summed E-state index contributed by atoms with van der Waals surface area (Å²) in [7, 11) is -3.62. The molecule has 1 aromatic rings. The molecule has 1 unspecified atom stereocenters. The molecule has 0 aromatic heterocycles. The number of carbonyl (C=O) groups is 1. The minimum absolute atomic E-state index is 0.0188. The summed E-state index contributed by atoms with van der Waals surface area (Å²) < 4.78 is 26.2. The molecule has 0 spiro atoms. The molecule has 0 fully saturated rings. The predicted octanol–water partition coefficient (Wildman–Crippen LogP) is 0.156. The van der Waals surface area contributed by atoms with Gasteiger partial charge in [0.15, 0.2) is 5.60 Å². The van der Waals surface area contributed by atoms with E-state index in [9.17, 15) is 18.3 Å². The van der Waals surface area contributed by atoms with Crippen LogP contribution in [-0.4, -0.2) is 42.5 Å². The number of hydrogen-bond acceptors (Lipinski definition) is 4. The monoisotopic (exact) mass is 313 g/mol. The van der Waals surface area contributed by atoms with Crippen molar-refractivity contribution in [1.82, 2.24) is 4.72 Å². The van der Waals surface area contributed by atoms with Crippen LogP contribution >= 0.6 is 0 Å². The van der Waals surface area contributed by atoms with Crippen LogP contribution < -0.4 is 4.72 Å². The molecule has 0 saturated heterocycles. The van der Waals surface area contributed by atoms with Crippen LogP contribution in [0.1, 0.15) is 18.1 Å². The van der Waals surface area contributed by atoms with Crippen LogP contribution in [0.3, 0.4) is 0 Å². The van der Waals surface area contributed by atoms with Gasteiger partial charge >= 0.3 is 5.97 Å². The van der Waals surface area contributed by atoms with Gasteiger partial charge in [-0.1, -0.05) is 24.3 Å². The third-order valence-corrected chi connectivity index (χ3v) is 5.18. The zero-order chi connectivity index (χ0) is 15.7. The number of carboxylic acid groups (broad SMARTS) is 1. The van der Waals surface area contributed by atoms with Crippen molar-refractivity contribution in [2.24, 2.45) is 5.92 Å². The molecule has 0 bridgehead atoms. The predicted molar refractivity (Wildman–Crippen MR) is 77.4 cm³/mol. The fourth-order valence-corrected chi connectivity index (χ4v) is 3.94. The maximum Gasteiger partial charge on any atom is 0.336 e. The van der Waals surface area contributed by atoms with E-state index in [0.717, 1.165) is 18.1 Å². The lowest BCUT2D eigenvalue weighted by Gasteiger charge is -2.19. The lowest BCUT2D eigenvalue weighted by molar-refractivity contribution is -0.155. The van der Waals surface area contributed by atoms with E-state index >= 15 is 0 Å². The van der Waals surface area contributed by atoms with Crippen molar-refractivity contribution < 1.29 is 23.4 Å². The minimum atomic E-state index is -3.62. The second kappa shape index (κ2) is 5.75. The Hall–Kier alpha value is -1.44. The van der Waals surface area contributed by atoms with E-state index in [-0.39, 0.29) is 11.7 Å². The van der Waals surface area contributed by atoms with E-state index in [1.54, 1.807) is 0 Å². The largest absolute Gasteiger partial charge is 0.479 e. The summed E-state index contributed by atoms with van der Waals surface area (Å²) in [5.41, 5.74) is 0.219. The second-order valence-corrected chi connectivity index (χ2v) is 7.58. The maximum atomic E-state index is 12.0. The smallest absolute Gasteiger partial charge is 0.336 e. The third kappa shape index (κ3) is 4.03. The highest BCUT2D eigenvalue weighted by Crippen LogP contribution is 2.27. The Bertz CT molecular complexity index is 614. The molecule has 1 aliphatic rings. The molecule has 1 aromatic carbocycles. The highest BCUT2D eigenvalue weighted by Gasteiger charge is 2.32. The molecule has 1 aliphatic carbocycles. The summed E-state index contributed by atoms with van der Waals surface area (Å²) in [6, 6.07) is 7.84. The number of carboxylic acids is 1. The quantitative estimate of drug-likeness (QED) is 0.694. The second-order valence-electron chi connectivity index (χ2n) is 5.72. The van der Waals surface area contributed by atoms with Gasteiger partial charge in [0.1, 0.15) is 0 Å². The molecule has 0 radical (unpaired) electrons. The molecule has 0 saturated carbocycles. The topological polar surface area (TPSA) is 104 Å². The van der Waals surface area contributed by atoms with Gasteiger partial charge in [-0.2, -0.15) is 0 Å². The number of fused-ring (bicyclic) bond motifs is 1. The summed E-state index contributed by atoms with van der Waals surface area (Å²) in [6.07, 6.45) is 1.40. The van der Waals surface area contributed by atoms with Gasteiger partial charge in [0, 0.05) is 6.54 Å². The van der Waals surface area contributed by atoms with Crippen molar-refractivity contribution >= 4 is 16.0 Å². The van der Waals surface area contributed by atoms with Crippen molar-refractivity contribution in [3.05, 3.63) is 35.4 Å². The zero-order valence-corrected chi connectivity index (χ0v) is 12.6. The van der Waals surface area contributed by atoms with Crippen molar-refractivity contribution in [2.75, 3.05) is 12.3 Å². The molecule has 6 nitrogen and oxygen atoms in total. The number of hydrogen-bond donors (Lipinski definition) is 3. The molecule has 116 valence electrons. The number of aliphatic carboxylic acids is 1. The number of aliphatic hydroxyl groups is 1.